The number of piperazine rings is 2. The fourth-order valence-corrected chi connectivity index (χ4v) is 13.0. The second-order valence-electron chi connectivity index (χ2n) is 11.7. The van der Waals surface area contributed by atoms with Crippen LogP contribution in [0.15, 0.2) is 0 Å². The smallest absolute Gasteiger partial charge is 0.287 e. The van der Waals surface area contributed by atoms with Crippen LogP contribution in [0.5, 0.6) is 0 Å². The van der Waals surface area contributed by atoms with Crippen LogP contribution in [0.25, 0.3) is 0 Å². The van der Waals surface area contributed by atoms with Gasteiger partial charge in [0.25, 0.3) is 5.91 Å². The second kappa shape index (κ2) is 11.3. The summed E-state index contributed by atoms with van der Waals surface area (Å²) in [6.07, 6.45) is 8.85. The maximum atomic E-state index is 16.9. The van der Waals surface area contributed by atoms with Gasteiger partial charge in [0.1, 0.15) is 9.81 Å². The first-order valence-corrected chi connectivity index (χ1v) is 17.2. The number of rotatable bonds is 6. The first-order valence-electron chi connectivity index (χ1n) is 15.4. The molecule has 0 aliphatic carbocycles. The van der Waals surface area contributed by atoms with Crippen molar-refractivity contribution in [3.63, 3.8) is 0 Å². The van der Waals surface area contributed by atoms with Crippen molar-refractivity contribution in [2.24, 2.45) is 0 Å². The summed E-state index contributed by atoms with van der Waals surface area (Å²) in [5.74, 6) is -0.895. The Hall–Kier alpha value is -0.700. The van der Waals surface area contributed by atoms with Crippen molar-refractivity contribution in [1.82, 2.24) is 37.7 Å². The van der Waals surface area contributed by atoms with Crippen LogP contribution < -0.4 is 10.6 Å². The topological polar surface area (TPSA) is 86.9 Å². The third-order valence-electron chi connectivity index (χ3n) is 9.69. The molecule has 2 N–H and O–H groups in total. The standard InChI is InChI=1S/C26H50N8O3S/c35-25-26(30-14-7-8-15-30,29-12-3-1-4-13-29)28-11-20-34(25)38(36,31-16-5-2-6-17-31,32-18-9-27-10-19-32)33-21-23-37-24-22-33/h27-28H,1-24H2. The van der Waals surface area contributed by atoms with Gasteiger partial charge in [-0.05, 0) is 38.5 Å². The molecule has 0 aromatic heterocycles. The molecule has 6 rings (SSSR count). The number of nitrogens with one attached hydrogen (secondary N) is 2. The zero-order valence-electron chi connectivity index (χ0n) is 23.3. The summed E-state index contributed by atoms with van der Waals surface area (Å²) in [6, 6.07) is 0. The summed E-state index contributed by atoms with van der Waals surface area (Å²) in [5, 5.41) is 7.25. The molecule has 11 nitrogen and oxygen atoms in total. The Labute approximate surface area is 229 Å². The Balaban J connectivity index is 1.51. The van der Waals surface area contributed by atoms with Gasteiger partial charge in [0, 0.05) is 91.6 Å². The predicted octanol–water partition coefficient (Wildman–Crippen LogP) is -0.143. The summed E-state index contributed by atoms with van der Waals surface area (Å²) in [5.41, 5.74) is 0. The van der Waals surface area contributed by atoms with Crippen LogP contribution in [-0.4, -0.2) is 148 Å². The van der Waals surface area contributed by atoms with Crippen LogP contribution >= 0.6 is 0 Å². The van der Waals surface area contributed by atoms with E-state index < -0.39 is 15.6 Å². The number of carbonyl (C=O) groups is 1. The number of morpholine rings is 1. The monoisotopic (exact) mass is 554 g/mol. The number of hydrogen-bond acceptors (Lipinski definition) is 7. The summed E-state index contributed by atoms with van der Waals surface area (Å²) in [6.45, 7) is 11.5. The van der Waals surface area contributed by atoms with Gasteiger partial charge < -0.3 is 10.1 Å². The van der Waals surface area contributed by atoms with E-state index >= 15 is 9.00 Å². The molecule has 0 radical (unpaired) electrons. The Morgan fingerprint density at radius 1 is 0.605 bits per heavy atom. The van der Waals surface area contributed by atoms with E-state index in [0.717, 1.165) is 97.3 Å². The summed E-state index contributed by atoms with van der Waals surface area (Å²) >= 11 is 0. The lowest BCUT2D eigenvalue weighted by molar-refractivity contribution is -0.168. The van der Waals surface area contributed by atoms with Crippen molar-refractivity contribution in [2.75, 3.05) is 105 Å². The van der Waals surface area contributed by atoms with E-state index in [-0.39, 0.29) is 5.91 Å². The lowest BCUT2D eigenvalue weighted by Gasteiger charge is -2.69. The lowest BCUT2D eigenvalue weighted by atomic mass is 10.1. The minimum absolute atomic E-state index is 0.0140. The maximum absolute atomic E-state index is 16.9. The van der Waals surface area contributed by atoms with E-state index in [4.69, 9.17) is 4.74 Å². The first-order chi connectivity index (χ1) is 18.6. The lowest BCUT2D eigenvalue weighted by Crippen LogP contribution is -2.88. The molecule has 1 atom stereocenters. The molecule has 6 fully saturated rings. The van der Waals surface area contributed by atoms with E-state index in [1.165, 1.54) is 6.42 Å². The molecular weight excluding hydrogens is 504 g/mol. The molecule has 6 heterocycles. The van der Waals surface area contributed by atoms with Gasteiger partial charge in [-0.2, -0.15) is 0 Å². The van der Waals surface area contributed by atoms with Gasteiger partial charge in [-0.25, -0.2) is 21.4 Å². The van der Waals surface area contributed by atoms with Gasteiger partial charge in [0.05, 0.1) is 13.2 Å². The fraction of sp³-hybridized carbons (Fsp3) is 0.962. The Morgan fingerprint density at radius 2 is 1.11 bits per heavy atom. The summed E-state index contributed by atoms with van der Waals surface area (Å²) in [4.78, 5) is 20.2. The van der Waals surface area contributed by atoms with Crippen molar-refractivity contribution in [3.05, 3.63) is 0 Å². The van der Waals surface area contributed by atoms with Gasteiger partial charge in [-0.1, -0.05) is 12.8 Å². The SMILES string of the molecule is O=C1N(S(=O)(N2CCCCC2)(N2CCNCC2)N2CCOCC2)CCNC1(N1CCCCC1)N1CCCC1. The molecule has 0 aromatic rings. The summed E-state index contributed by atoms with van der Waals surface area (Å²) in [7, 11) is -4.10. The number of carbonyl (C=O) groups excluding carboxylic acids is 1. The highest BCUT2D eigenvalue weighted by Gasteiger charge is 2.65. The molecule has 0 saturated carbocycles. The van der Waals surface area contributed by atoms with Crippen molar-refractivity contribution in [3.8, 4) is 0 Å². The van der Waals surface area contributed by atoms with Gasteiger partial charge in [-0.3, -0.25) is 19.9 Å². The number of amides is 1. The quantitative estimate of drug-likeness (QED) is 0.473. The Bertz CT molecular complexity index is 838. The van der Waals surface area contributed by atoms with Crippen LogP contribution in [0.1, 0.15) is 51.4 Å². The Morgan fingerprint density at radius 3 is 1.71 bits per heavy atom. The van der Waals surface area contributed by atoms with E-state index in [2.05, 4.69) is 33.3 Å². The molecule has 6 aliphatic heterocycles. The van der Waals surface area contributed by atoms with Gasteiger partial charge in [0.15, 0.2) is 0 Å². The number of piperidine rings is 2. The van der Waals surface area contributed by atoms with Crippen LogP contribution in [0.4, 0.5) is 0 Å². The predicted molar refractivity (Wildman–Crippen MR) is 149 cm³/mol. The zero-order chi connectivity index (χ0) is 26.1. The number of nitrogens with zero attached hydrogens (tertiary/aromatic N) is 6. The molecule has 6 aliphatic rings. The Kier molecular flexibility index (Phi) is 8.16. The minimum Gasteiger partial charge on any atom is -0.379 e. The normalized spacial score (nSPS) is 33.8. The molecule has 1 amide bonds. The second-order valence-corrected chi connectivity index (χ2v) is 15.3. The van der Waals surface area contributed by atoms with Crippen LogP contribution in [0.2, 0.25) is 0 Å². The molecular formula is C26H50N8O3S. The van der Waals surface area contributed by atoms with Crippen LogP contribution in [0, 0.1) is 0 Å². The van der Waals surface area contributed by atoms with Crippen molar-refractivity contribution < 1.29 is 13.7 Å². The minimum atomic E-state index is -4.10. The fourth-order valence-electron chi connectivity index (χ4n) is 7.86. The van der Waals surface area contributed by atoms with Crippen molar-refractivity contribution >= 4 is 15.7 Å². The average Bonchev–Trinajstić information content (AvgIpc) is 3.55. The molecule has 38 heavy (non-hydrogen) atoms. The molecule has 0 aromatic carbocycles. The molecule has 6 saturated heterocycles. The van der Waals surface area contributed by atoms with Crippen molar-refractivity contribution in [1.29, 1.82) is 0 Å². The van der Waals surface area contributed by atoms with Crippen LogP contribution in [0.3, 0.4) is 0 Å². The maximum Gasteiger partial charge on any atom is 0.287 e. The highest BCUT2D eigenvalue weighted by molar-refractivity contribution is 8.12. The zero-order valence-corrected chi connectivity index (χ0v) is 24.1. The largest absolute Gasteiger partial charge is 0.379 e. The van der Waals surface area contributed by atoms with E-state index in [1.54, 1.807) is 0 Å². The number of ether oxygens (including phenoxy) is 1. The van der Waals surface area contributed by atoms with Crippen molar-refractivity contribution in [2.45, 2.75) is 57.2 Å². The van der Waals surface area contributed by atoms with Gasteiger partial charge in [-0.15, -0.1) is 0 Å². The van der Waals surface area contributed by atoms with E-state index in [9.17, 15) is 0 Å². The summed E-state index contributed by atoms with van der Waals surface area (Å²) < 4.78 is 31.4. The van der Waals surface area contributed by atoms with Gasteiger partial charge in [0.2, 0.25) is 5.79 Å². The molecule has 12 heteroatoms. The highest BCUT2D eigenvalue weighted by Crippen LogP contribution is 2.47. The molecule has 218 valence electrons. The first kappa shape index (κ1) is 27.5. The number of hydrogen-bond donors (Lipinski definition) is 2. The highest BCUT2D eigenvalue weighted by atomic mass is 32.3. The third kappa shape index (κ3) is 4.21. The van der Waals surface area contributed by atoms with Crippen LogP contribution in [-0.2, 0) is 19.3 Å². The van der Waals surface area contributed by atoms with E-state index in [0.29, 0.717) is 52.5 Å². The van der Waals surface area contributed by atoms with E-state index in [1.807, 2.05) is 4.31 Å². The molecule has 1 unspecified atom stereocenters. The third-order valence-corrected chi connectivity index (χ3v) is 14.6. The molecule has 0 spiro atoms. The average molecular weight is 555 g/mol. The number of likely N-dealkylation sites (tertiary alicyclic amines) is 2. The van der Waals surface area contributed by atoms with Gasteiger partial charge >= 0.3 is 0 Å². The molecule has 0 bridgehead atoms.